The van der Waals surface area contributed by atoms with Crippen molar-refractivity contribution in [1.82, 2.24) is 9.97 Å². The smallest absolute Gasteiger partial charge is 0.265 e. The van der Waals surface area contributed by atoms with Gasteiger partial charge in [-0.25, -0.2) is 9.97 Å². The third kappa shape index (κ3) is 3.10. The molecular formula is C15H13FN4O2S2. The Morgan fingerprint density at radius 2 is 2.12 bits per heavy atom. The zero-order valence-corrected chi connectivity index (χ0v) is 14.1. The van der Waals surface area contributed by atoms with Crippen LogP contribution >= 0.6 is 22.7 Å². The monoisotopic (exact) mass is 364 g/mol. The number of thiophene rings is 1. The third-order valence-electron chi connectivity index (χ3n) is 3.57. The summed E-state index contributed by atoms with van der Waals surface area (Å²) in [5.41, 5.74) is 0.458. The van der Waals surface area contributed by atoms with Crippen LogP contribution in [0.1, 0.15) is 9.67 Å². The van der Waals surface area contributed by atoms with Crippen LogP contribution in [-0.4, -0.2) is 42.2 Å². The molecule has 3 aromatic heterocycles. The predicted octanol–water partition coefficient (Wildman–Crippen LogP) is 2.98. The highest BCUT2D eigenvalue weighted by atomic mass is 32.1. The van der Waals surface area contributed by atoms with Crippen molar-refractivity contribution in [1.29, 1.82) is 0 Å². The molecule has 1 fully saturated rings. The Morgan fingerprint density at radius 3 is 2.83 bits per heavy atom. The van der Waals surface area contributed by atoms with Gasteiger partial charge in [-0.3, -0.25) is 4.79 Å². The van der Waals surface area contributed by atoms with Crippen molar-refractivity contribution in [3.8, 4) is 0 Å². The molecule has 1 aliphatic heterocycles. The van der Waals surface area contributed by atoms with Crippen molar-refractivity contribution < 1.29 is 13.9 Å². The molecule has 1 saturated heterocycles. The number of amides is 1. The van der Waals surface area contributed by atoms with Gasteiger partial charge in [-0.15, -0.1) is 11.3 Å². The normalized spacial score (nSPS) is 15.0. The topological polar surface area (TPSA) is 67.4 Å². The van der Waals surface area contributed by atoms with Crippen molar-refractivity contribution in [2.45, 2.75) is 0 Å². The van der Waals surface area contributed by atoms with E-state index in [4.69, 9.17) is 4.74 Å². The van der Waals surface area contributed by atoms with E-state index in [9.17, 15) is 9.18 Å². The van der Waals surface area contributed by atoms with Gasteiger partial charge in [-0.1, -0.05) is 11.3 Å². The molecule has 0 spiro atoms. The van der Waals surface area contributed by atoms with Crippen LogP contribution in [0.5, 0.6) is 0 Å². The van der Waals surface area contributed by atoms with Gasteiger partial charge in [0, 0.05) is 13.1 Å². The number of rotatable bonds is 3. The summed E-state index contributed by atoms with van der Waals surface area (Å²) in [5, 5.41) is 3.67. The number of halogens is 1. The maximum atomic E-state index is 12.8. The average Bonchev–Trinajstić information content (AvgIpc) is 3.17. The average molecular weight is 364 g/mol. The fraction of sp³-hybridized carbons (Fsp3) is 0.267. The first-order chi connectivity index (χ1) is 11.7. The van der Waals surface area contributed by atoms with Crippen LogP contribution in [0, 0.1) is 5.95 Å². The van der Waals surface area contributed by atoms with Gasteiger partial charge in [-0.2, -0.15) is 4.39 Å². The van der Waals surface area contributed by atoms with E-state index in [0.717, 1.165) is 27.8 Å². The van der Waals surface area contributed by atoms with E-state index >= 15 is 0 Å². The number of aromatic nitrogens is 2. The van der Waals surface area contributed by atoms with Gasteiger partial charge >= 0.3 is 0 Å². The van der Waals surface area contributed by atoms with Gasteiger partial charge in [0.15, 0.2) is 5.13 Å². The van der Waals surface area contributed by atoms with E-state index in [-0.39, 0.29) is 5.91 Å². The number of nitrogens with one attached hydrogen (secondary N) is 1. The second kappa shape index (κ2) is 6.42. The molecule has 0 saturated carbocycles. The number of ether oxygens (including phenoxy) is 1. The molecule has 3 aromatic rings. The Labute approximate surface area is 144 Å². The Bertz CT molecular complexity index is 840. The number of fused-ring (bicyclic) bond motifs is 1. The molecular weight excluding hydrogens is 351 g/mol. The lowest BCUT2D eigenvalue weighted by atomic mass is 10.4. The minimum absolute atomic E-state index is 0.244. The first-order valence-corrected chi connectivity index (χ1v) is 8.98. The number of carbonyl (C=O) groups excluding carboxylic acids is 1. The lowest BCUT2D eigenvalue weighted by Crippen LogP contribution is -2.36. The molecule has 4 rings (SSSR count). The van der Waals surface area contributed by atoms with Crippen molar-refractivity contribution in [3.63, 3.8) is 0 Å². The summed E-state index contributed by atoms with van der Waals surface area (Å²) in [6.45, 7) is 3.11. The maximum Gasteiger partial charge on any atom is 0.265 e. The number of nitrogens with zero attached hydrogens (tertiary/aromatic N) is 3. The quantitative estimate of drug-likeness (QED) is 0.724. The highest BCUT2D eigenvalue weighted by Gasteiger charge is 2.18. The minimum Gasteiger partial charge on any atom is -0.378 e. The second-order valence-corrected chi connectivity index (χ2v) is 7.24. The fourth-order valence-electron chi connectivity index (χ4n) is 2.37. The Morgan fingerprint density at radius 1 is 1.29 bits per heavy atom. The van der Waals surface area contributed by atoms with E-state index < -0.39 is 5.95 Å². The van der Waals surface area contributed by atoms with Gasteiger partial charge in [0.1, 0.15) is 4.83 Å². The number of thiazole rings is 1. The van der Waals surface area contributed by atoms with E-state index in [1.807, 2.05) is 6.07 Å². The Hall–Kier alpha value is -2.10. The molecule has 0 bridgehead atoms. The number of carbonyl (C=O) groups is 1. The summed E-state index contributed by atoms with van der Waals surface area (Å²) in [6, 6.07) is 4.53. The molecule has 0 aliphatic carbocycles. The van der Waals surface area contributed by atoms with Crippen LogP contribution in [0.25, 0.3) is 9.53 Å². The molecule has 1 amide bonds. The maximum absolute atomic E-state index is 12.8. The highest BCUT2D eigenvalue weighted by Crippen LogP contribution is 2.35. The standard InChI is InChI=1S/C15H13FN4O2S2/c16-12-2-1-9(8-17-12)18-13(21)10-7-11-14(23-10)19-15(24-11)20-3-5-22-6-4-20/h1-2,7-8H,3-6H2,(H,18,21). The zero-order chi connectivity index (χ0) is 16.5. The molecule has 4 heterocycles. The Balaban J connectivity index is 1.51. The third-order valence-corrected chi connectivity index (χ3v) is 5.79. The summed E-state index contributed by atoms with van der Waals surface area (Å²) in [4.78, 5) is 24.0. The van der Waals surface area contributed by atoms with Crippen molar-refractivity contribution >= 4 is 48.9 Å². The first-order valence-electron chi connectivity index (χ1n) is 7.35. The van der Waals surface area contributed by atoms with E-state index in [2.05, 4.69) is 20.2 Å². The molecule has 124 valence electrons. The molecule has 0 radical (unpaired) electrons. The van der Waals surface area contributed by atoms with Crippen LogP contribution in [0.3, 0.4) is 0 Å². The van der Waals surface area contributed by atoms with Crippen LogP contribution in [0.2, 0.25) is 0 Å². The summed E-state index contributed by atoms with van der Waals surface area (Å²) < 4.78 is 19.1. The molecule has 1 N–H and O–H groups in total. The molecule has 1 aliphatic rings. The fourth-order valence-corrected chi connectivity index (χ4v) is 4.53. The van der Waals surface area contributed by atoms with E-state index in [1.54, 1.807) is 11.3 Å². The Kier molecular flexibility index (Phi) is 4.13. The second-order valence-electron chi connectivity index (χ2n) is 5.20. The van der Waals surface area contributed by atoms with Crippen LogP contribution in [0.4, 0.5) is 15.2 Å². The highest BCUT2D eigenvalue weighted by molar-refractivity contribution is 7.29. The first kappa shape index (κ1) is 15.4. The van der Waals surface area contributed by atoms with Gasteiger partial charge in [0.2, 0.25) is 5.95 Å². The molecule has 24 heavy (non-hydrogen) atoms. The minimum atomic E-state index is -0.579. The molecule has 0 atom stereocenters. The van der Waals surface area contributed by atoms with Gasteiger partial charge in [0.25, 0.3) is 5.91 Å². The summed E-state index contributed by atoms with van der Waals surface area (Å²) >= 11 is 2.93. The van der Waals surface area contributed by atoms with E-state index in [1.165, 1.54) is 29.7 Å². The van der Waals surface area contributed by atoms with Gasteiger partial charge in [0.05, 0.1) is 34.7 Å². The van der Waals surface area contributed by atoms with Crippen LogP contribution in [0.15, 0.2) is 24.4 Å². The molecule has 6 nitrogen and oxygen atoms in total. The lowest BCUT2D eigenvalue weighted by molar-refractivity contribution is 0.103. The van der Waals surface area contributed by atoms with Crippen molar-refractivity contribution in [2.75, 3.05) is 36.5 Å². The van der Waals surface area contributed by atoms with Crippen molar-refractivity contribution in [2.24, 2.45) is 0 Å². The summed E-state index contributed by atoms with van der Waals surface area (Å²) in [7, 11) is 0. The summed E-state index contributed by atoms with van der Waals surface area (Å²) in [6.07, 6.45) is 1.29. The van der Waals surface area contributed by atoms with Crippen LogP contribution < -0.4 is 10.2 Å². The van der Waals surface area contributed by atoms with Crippen LogP contribution in [-0.2, 0) is 4.74 Å². The lowest BCUT2D eigenvalue weighted by Gasteiger charge is -2.25. The number of hydrogen-bond donors (Lipinski definition) is 1. The molecule has 9 heteroatoms. The molecule has 0 aromatic carbocycles. The van der Waals surface area contributed by atoms with E-state index in [0.29, 0.717) is 23.8 Å². The van der Waals surface area contributed by atoms with Crippen molar-refractivity contribution in [3.05, 3.63) is 35.2 Å². The van der Waals surface area contributed by atoms with Gasteiger partial charge in [-0.05, 0) is 18.2 Å². The molecule has 0 unspecified atom stereocenters. The zero-order valence-electron chi connectivity index (χ0n) is 12.5. The number of hydrogen-bond acceptors (Lipinski definition) is 7. The predicted molar refractivity (Wildman–Crippen MR) is 92.7 cm³/mol. The number of morpholine rings is 1. The number of pyridine rings is 1. The van der Waals surface area contributed by atoms with Gasteiger partial charge < -0.3 is 15.0 Å². The number of anilines is 2. The SMILES string of the molecule is O=C(Nc1ccc(F)nc1)c1cc2sc(N3CCOCC3)nc2s1. The largest absolute Gasteiger partial charge is 0.378 e. The summed E-state index contributed by atoms with van der Waals surface area (Å²) in [5.74, 6) is -0.823.